The topological polar surface area (TPSA) is 442 Å². The third kappa shape index (κ3) is 30.0. The molecule has 5 aliphatic rings. The van der Waals surface area contributed by atoms with E-state index in [9.17, 15) is 79.4 Å². The standard InChI is InChI=1S/C17H18FN3O4.C13H14FNO3.C12H13NO3.C11H11NO3.C10H8O4.C9H11FO3S.C8H9NO3.CH2O3.2Cs.H/c1-3-24-17(23)15-14-9-20(2)16(22)12-8-11(25-7-6-18)4-5-13(12)21(14)10-19-15;1-15-8-10(16)6-9-2-3-11(18-5-4-14)7-12(9)13(15)17;1-13-7-9(14)5-8-3-4-10(16-2)6-11(8)12(13)15;1-12-6-9(14)4-7-2-3-8(13)5-10(7)11(12)15;1-13-7-3-2-6-4-9(11)14-10(12)8(6)5-7;1-8-2-4-9(5-3-8)14(11,12)13-7-6-10;1-12-5-2-3-7(9)6(4-5)8(10)11;2-1-4-3;;;/h4-5,8,10H,3,6-7,9H2,1-2H3;2-3,7H,4-6,8H2,1H3;3-4,6H,5,7H2,1-2H3;2-3,5,13H,4,6H2,1H3;2-3,5H,4H2,1H3;2-5H,6-7H2,1H3;2-4H,9H2,1H3,(H,10,11);1,3H;;;/q;;;;;;;;2*+1;-1/p-1. The number of carboxylic acid groups (broad SMARTS) is 1. The minimum absolute atomic E-state index is 0. The number of alkyl halides is 3. The van der Waals surface area contributed by atoms with Crippen LogP contribution in [-0.4, -0.2) is 235 Å². The second-order valence-corrected chi connectivity index (χ2v) is 27.2. The molecule has 0 atom stereocenters. The number of phenols is 1. The number of nitrogens with zero attached hydrogens (tertiary/aromatic N) is 6. The number of benzene rings is 7. The molecule has 0 bridgehead atoms. The van der Waals surface area contributed by atoms with Crippen molar-refractivity contribution in [3.05, 3.63) is 212 Å². The maximum Gasteiger partial charge on any atom is 1.00 e. The van der Waals surface area contributed by atoms with Gasteiger partial charge in [-0.1, -0.05) is 42.0 Å². The molecule has 0 fully saturated rings. The summed E-state index contributed by atoms with van der Waals surface area (Å²) in [6, 6.07) is 35.3. The number of ether oxygens (including phenoxy) is 7. The van der Waals surface area contributed by atoms with E-state index in [1.807, 2.05) is 6.92 Å². The maximum atomic E-state index is 12.7. The van der Waals surface area contributed by atoms with Crippen LogP contribution in [0.4, 0.5) is 18.9 Å². The van der Waals surface area contributed by atoms with Crippen molar-refractivity contribution >= 4 is 87.1 Å². The molecule has 4 N–H and O–H groups in total. The van der Waals surface area contributed by atoms with Crippen LogP contribution < -0.4 is 172 Å². The number of nitrogen functional groups attached to an aromatic ring is 1. The quantitative estimate of drug-likeness (QED) is 0.0216. The van der Waals surface area contributed by atoms with E-state index in [-0.39, 0.29) is 280 Å². The van der Waals surface area contributed by atoms with Gasteiger partial charge in [-0.05, 0) is 133 Å². The van der Waals surface area contributed by atoms with E-state index in [2.05, 4.69) is 18.8 Å². The second kappa shape index (κ2) is 50.7. The molecule has 120 heavy (non-hydrogen) atoms. The third-order valence-electron chi connectivity index (χ3n) is 17.1. The average Bonchev–Trinajstić information content (AvgIpc) is 1.61. The Morgan fingerprint density at radius 3 is 1.44 bits per heavy atom. The number of esters is 3. The van der Waals surface area contributed by atoms with Gasteiger partial charge >= 0.3 is 162 Å². The van der Waals surface area contributed by atoms with Crippen molar-refractivity contribution in [3.8, 4) is 40.2 Å². The van der Waals surface area contributed by atoms with E-state index >= 15 is 0 Å². The Labute approximate surface area is 807 Å². The molecule has 8 aromatic rings. The van der Waals surface area contributed by atoms with Gasteiger partial charge in [-0.2, -0.15) is 8.42 Å². The second-order valence-electron chi connectivity index (χ2n) is 25.5. The van der Waals surface area contributed by atoms with Crippen LogP contribution in [0.15, 0.2) is 145 Å². The van der Waals surface area contributed by atoms with Crippen LogP contribution in [0.5, 0.6) is 34.5 Å². The number of hydrogen-bond donors (Lipinski definition) is 3. The Bertz CT molecular complexity index is 5120. The summed E-state index contributed by atoms with van der Waals surface area (Å²) in [7, 11) is 7.20. The fourth-order valence-corrected chi connectivity index (χ4v) is 12.3. The molecule has 1 aromatic heterocycles. The van der Waals surface area contributed by atoms with E-state index in [0.29, 0.717) is 91.1 Å². The number of methoxy groups -OCH3 is 3. The number of Topliss-reactive ketones (excluding diaryl/α,β-unsaturated/α-hetero) is 3. The Hall–Kier alpha value is -9.45. The molecule has 0 unspecified atom stereocenters. The first-order valence-corrected chi connectivity index (χ1v) is 36.9. The molecule has 5 aliphatic heterocycles. The van der Waals surface area contributed by atoms with E-state index < -0.39 is 60.6 Å². The normalized spacial score (nSPS) is 13.3. The summed E-state index contributed by atoms with van der Waals surface area (Å²) in [5, 5.41) is 26.4. The number of nitrogens with two attached hydrogens (primary N) is 1. The van der Waals surface area contributed by atoms with Gasteiger partial charge in [0.1, 0.15) is 74.1 Å². The number of imidazole rings is 1. The molecule has 0 saturated carbocycles. The molecule has 0 saturated heterocycles. The summed E-state index contributed by atoms with van der Waals surface area (Å²) in [5.41, 5.74) is 13.1. The Kier molecular flexibility index (Phi) is 43.5. The largest absolute Gasteiger partial charge is 1.00 e. The third-order valence-corrected chi connectivity index (χ3v) is 18.4. The van der Waals surface area contributed by atoms with E-state index in [4.69, 9.17) is 49.3 Å². The number of carbonyl (C=O) groups is 12. The van der Waals surface area contributed by atoms with Gasteiger partial charge in [-0.25, -0.2) is 32.5 Å². The molecule has 0 spiro atoms. The molecule has 39 heteroatoms. The fraction of sp³-hybridized carbons (Fsp3) is 0.296. The molecule has 13 rings (SSSR count). The SMILES string of the molecule is CCOC(=O)c1ncn2c1CN(C)C(=O)c1cc(OCCF)ccc1-2.CN1CC(=O)Cc2ccc(O)cc2C1=O.CN1CC(=O)Cc2ccc(OCCF)cc2C1=O.COc1ccc(N)c(C(=O)O)c1.COc1ccc2c(c1)C(=O)N(C)CC(=O)C2.COc1ccc2c(c1)C(=O)OC(=O)C2.Cc1ccc(S(=O)(=O)OCCF)cc1.O=CO[O-].[Cs+].[Cs+].[H-]. The van der Waals surface area contributed by atoms with Crippen molar-refractivity contribution in [2.24, 2.45) is 0 Å². The first-order chi connectivity index (χ1) is 56.2. The molecule has 7 aromatic carbocycles. The zero-order valence-corrected chi connectivity index (χ0v) is 80.8. The number of aromatic hydroxyl groups is 1. The number of anilines is 1. The average molecular weight is 1930 g/mol. The Balaban J connectivity index is 0.000000364. The van der Waals surface area contributed by atoms with Crippen LogP contribution in [0.25, 0.3) is 5.69 Å². The number of amides is 4. The minimum atomic E-state index is -3.78. The summed E-state index contributed by atoms with van der Waals surface area (Å²) >= 11 is 0. The van der Waals surface area contributed by atoms with Crippen LogP contribution >= 0.6 is 0 Å². The summed E-state index contributed by atoms with van der Waals surface area (Å²) in [5.74, 6) is -0.784. The fourth-order valence-electron chi connectivity index (χ4n) is 11.4. The predicted molar refractivity (Wildman–Crippen MR) is 413 cm³/mol. The van der Waals surface area contributed by atoms with Crippen LogP contribution in [0.1, 0.15) is 114 Å². The van der Waals surface area contributed by atoms with Crippen molar-refractivity contribution in [3.63, 3.8) is 0 Å². The van der Waals surface area contributed by atoms with Crippen LogP contribution in [0.3, 0.4) is 0 Å². The number of carbonyl (C=O) groups excluding carboxylic acids is 11. The van der Waals surface area contributed by atoms with Crippen molar-refractivity contribution < 1.29 is 276 Å². The summed E-state index contributed by atoms with van der Waals surface area (Å²) in [6.45, 7) is 1.71. The number of hydrogen-bond acceptors (Lipinski definition) is 27. The van der Waals surface area contributed by atoms with Crippen molar-refractivity contribution in [1.29, 1.82) is 0 Å². The molecular formula is C81H86Cs2F3N7O26S. The van der Waals surface area contributed by atoms with Gasteiger partial charge in [0.05, 0.1) is 100 Å². The monoisotopic (exact) mass is 1930 g/mol. The Morgan fingerprint density at radius 1 is 0.567 bits per heavy atom. The van der Waals surface area contributed by atoms with Gasteiger partial charge in [-0.15, -0.1) is 0 Å². The van der Waals surface area contributed by atoms with Crippen molar-refractivity contribution in [2.45, 2.75) is 51.0 Å². The molecule has 0 aliphatic carbocycles. The van der Waals surface area contributed by atoms with Gasteiger partial charge in [0, 0.05) is 69.8 Å². The summed E-state index contributed by atoms with van der Waals surface area (Å²) < 4.78 is 99.6. The molecule has 6 heterocycles. The number of likely N-dealkylation sites (N-methyl/N-ethyl adjacent to an activating group) is 3. The molecular weight excluding hydrogens is 1840 g/mol. The van der Waals surface area contributed by atoms with E-state index in [1.165, 1.54) is 76.5 Å². The number of cyclic esters (lactones) is 2. The smallest absolute Gasteiger partial charge is 1.00 e. The van der Waals surface area contributed by atoms with Gasteiger partial charge in [0.2, 0.25) is 0 Å². The number of carboxylic acids is 1. The number of aromatic carboxylic acids is 1. The number of halogens is 3. The summed E-state index contributed by atoms with van der Waals surface area (Å²) in [4.78, 5) is 149. The van der Waals surface area contributed by atoms with Crippen molar-refractivity contribution in [2.75, 3.05) is 121 Å². The van der Waals surface area contributed by atoms with Gasteiger partial charge < -0.3 is 80.3 Å². The number of aromatic nitrogens is 2. The first kappa shape index (κ1) is 103. The molecule has 630 valence electrons. The Morgan fingerprint density at radius 2 is 0.975 bits per heavy atom. The van der Waals surface area contributed by atoms with Crippen LogP contribution in [-0.2, 0) is 84.9 Å². The van der Waals surface area contributed by atoms with E-state index in [1.54, 1.807) is 144 Å². The number of aryl methyl sites for hydroxylation is 1. The number of ketones is 3. The first-order valence-electron chi connectivity index (χ1n) is 35.5. The zero-order chi connectivity index (χ0) is 87.1. The van der Waals surface area contributed by atoms with Gasteiger partial charge in [0.25, 0.3) is 40.2 Å². The number of fused-ring (bicyclic) bond motifs is 7. The molecule has 0 radical (unpaired) electrons. The van der Waals surface area contributed by atoms with Crippen molar-refractivity contribution in [1.82, 2.24) is 29.2 Å². The van der Waals surface area contributed by atoms with Crippen LogP contribution in [0, 0.1) is 6.92 Å². The van der Waals surface area contributed by atoms with E-state index in [0.717, 1.165) is 11.1 Å². The number of rotatable bonds is 17. The van der Waals surface area contributed by atoms with Gasteiger partial charge in [0.15, 0.2) is 23.0 Å². The van der Waals surface area contributed by atoms with Gasteiger partial charge in [-0.3, -0.25) is 51.9 Å². The maximum absolute atomic E-state index is 12.7. The minimum Gasteiger partial charge on any atom is -1.00 e. The molecule has 4 amide bonds. The predicted octanol–water partition coefficient (Wildman–Crippen LogP) is 0.832. The van der Waals surface area contributed by atoms with Crippen LogP contribution in [0.2, 0.25) is 0 Å². The zero-order valence-electron chi connectivity index (χ0n) is 68.5. The summed E-state index contributed by atoms with van der Waals surface area (Å²) in [6.07, 6.45) is 2.45. The number of phenolic OH excluding ortho intramolecular Hbond substituents is 1. The molecule has 33 nitrogen and oxygen atoms in total.